The van der Waals surface area contributed by atoms with Crippen LogP contribution in [0.3, 0.4) is 0 Å². The molecule has 0 saturated carbocycles. The molecule has 0 saturated heterocycles. The first-order valence-corrected chi connectivity index (χ1v) is 7.54. The Morgan fingerprint density at radius 2 is 1.83 bits per heavy atom. The van der Waals surface area contributed by atoms with E-state index in [1.54, 1.807) is 41.8 Å². The molecule has 0 radical (unpaired) electrons. The van der Waals surface area contributed by atoms with Crippen molar-refractivity contribution in [1.29, 1.82) is 0 Å². The van der Waals surface area contributed by atoms with Gasteiger partial charge in [0, 0.05) is 26.5 Å². The lowest BCUT2D eigenvalue weighted by Crippen LogP contribution is -2.31. The molecule has 2 heterocycles. The molecule has 6 nitrogen and oxygen atoms in total. The smallest absolute Gasteiger partial charge is 0.295 e. The van der Waals surface area contributed by atoms with Crippen LogP contribution in [-0.2, 0) is 7.05 Å². The number of para-hydroxylation sites is 1. The second-order valence-electron chi connectivity index (χ2n) is 5.52. The molecule has 2 aromatic heterocycles. The van der Waals surface area contributed by atoms with Gasteiger partial charge < -0.3 is 4.90 Å². The third-order valence-corrected chi connectivity index (χ3v) is 4.07. The monoisotopic (exact) mass is 322 g/mol. The zero-order valence-corrected chi connectivity index (χ0v) is 13.8. The van der Waals surface area contributed by atoms with Crippen molar-refractivity contribution in [3.8, 4) is 5.69 Å². The minimum Gasteiger partial charge on any atom is -0.305 e. The summed E-state index contributed by atoms with van der Waals surface area (Å²) in [5, 5.41) is 0. The van der Waals surface area contributed by atoms with Crippen LogP contribution in [0.2, 0.25) is 0 Å². The van der Waals surface area contributed by atoms with E-state index in [-0.39, 0.29) is 11.5 Å². The summed E-state index contributed by atoms with van der Waals surface area (Å²) >= 11 is 0. The van der Waals surface area contributed by atoms with E-state index in [1.165, 1.54) is 11.1 Å². The molecule has 0 N–H and O–H groups in total. The second-order valence-corrected chi connectivity index (χ2v) is 5.52. The summed E-state index contributed by atoms with van der Waals surface area (Å²) in [5.41, 5.74) is 2.02. The van der Waals surface area contributed by atoms with Crippen molar-refractivity contribution in [2.24, 2.45) is 7.05 Å². The van der Waals surface area contributed by atoms with Gasteiger partial charge in [0.2, 0.25) is 0 Å². The number of benzene rings is 1. The Morgan fingerprint density at radius 1 is 1.12 bits per heavy atom. The molecule has 3 rings (SSSR count). The maximum atomic E-state index is 12.9. The normalized spacial score (nSPS) is 10.6. The number of pyridine rings is 1. The number of nitrogens with zero attached hydrogens (tertiary/aromatic N) is 4. The Balaban J connectivity index is 2.10. The van der Waals surface area contributed by atoms with Crippen LogP contribution in [0.25, 0.3) is 5.69 Å². The molecule has 0 aliphatic rings. The van der Waals surface area contributed by atoms with Crippen molar-refractivity contribution in [3.05, 3.63) is 76.5 Å². The van der Waals surface area contributed by atoms with E-state index in [0.717, 1.165) is 5.69 Å². The fourth-order valence-corrected chi connectivity index (χ4v) is 2.72. The van der Waals surface area contributed by atoms with Crippen molar-refractivity contribution in [2.45, 2.75) is 6.92 Å². The standard InChI is InChI=1S/C18H18N4O2/c1-13-16(20(2)17(23)14-8-7-11-19-12-14)18(24)22(21(13)3)15-9-5-4-6-10-15/h4-12H,1-3H3. The Morgan fingerprint density at radius 3 is 2.46 bits per heavy atom. The molecular formula is C18H18N4O2. The summed E-state index contributed by atoms with van der Waals surface area (Å²) in [6.07, 6.45) is 3.10. The summed E-state index contributed by atoms with van der Waals surface area (Å²) in [5.74, 6) is -0.269. The lowest BCUT2D eigenvalue weighted by atomic mass is 10.2. The highest BCUT2D eigenvalue weighted by Crippen LogP contribution is 2.18. The minimum absolute atomic E-state index is 0.235. The molecule has 0 bridgehead atoms. The second kappa shape index (κ2) is 6.16. The highest BCUT2D eigenvalue weighted by atomic mass is 16.2. The van der Waals surface area contributed by atoms with Crippen molar-refractivity contribution >= 4 is 11.6 Å². The number of aromatic nitrogens is 3. The van der Waals surface area contributed by atoms with Gasteiger partial charge in [0.25, 0.3) is 11.5 Å². The summed E-state index contributed by atoms with van der Waals surface area (Å²) in [6.45, 7) is 1.82. The number of carbonyl (C=O) groups excluding carboxylic acids is 1. The number of carbonyl (C=O) groups is 1. The van der Waals surface area contributed by atoms with Crippen LogP contribution in [0, 0.1) is 6.92 Å². The van der Waals surface area contributed by atoms with E-state index in [0.29, 0.717) is 16.9 Å². The quantitative estimate of drug-likeness (QED) is 0.742. The van der Waals surface area contributed by atoms with Crippen LogP contribution < -0.4 is 10.5 Å². The van der Waals surface area contributed by atoms with E-state index in [9.17, 15) is 9.59 Å². The molecule has 122 valence electrons. The van der Waals surface area contributed by atoms with Crippen molar-refractivity contribution in [2.75, 3.05) is 11.9 Å². The molecule has 0 fully saturated rings. The zero-order chi connectivity index (χ0) is 17.3. The molecule has 1 aromatic carbocycles. The van der Waals surface area contributed by atoms with Crippen LogP contribution in [0.5, 0.6) is 0 Å². The molecule has 1 amide bonds. The van der Waals surface area contributed by atoms with E-state index in [1.807, 2.05) is 37.3 Å². The fourth-order valence-electron chi connectivity index (χ4n) is 2.72. The Hall–Kier alpha value is -3.15. The van der Waals surface area contributed by atoms with Crippen molar-refractivity contribution in [1.82, 2.24) is 14.3 Å². The van der Waals surface area contributed by atoms with Gasteiger partial charge >= 0.3 is 0 Å². The SMILES string of the molecule is Cc1c(N(C)C(=O)c2cccnc2)c(=O)n(-c2ccccc2)n1C. The maximum absolute atomic E-state index is 12.9. The summed E-state index contributed by atoms with van der Waals surface area (Å²) in [7, 11) is 3.41. The van der Waals surface area contributed by atoms with Crippen LogP contribution in [0.4, 0.5) is 5.69 Å². The summed E-state index contributed by atoms with van der Waals surface area (Å²) in [4.78, 5) is 30.9. The number of anilines is 1. The Kier molecular flexibility index (Phi) is 4.04. The lowest BCUT2D eigenvalue weighted by Gasteiger charge is -2.15. The summed E-state index contributed by atoms with van der Waals surface area (Å²) < 4.78 is 3.30. The van der Waals surface area contributed by atoms with Crippen molar-refractivity contribution < 1.29 is 4.79 Å². The van der Waals surface area contributed by atoms with Gasteiger partial charge in [0.15, 0.2) is 0 Å². The Bertz CT molecular complexity index is 927. The maximum Gasteiger partial charge on any atom is 0.295 e. The highest BCUT2D eigenvalue weighted by Gasteiger charge is 2.24. The predicted molar refractivity (Wildman–Crippen MR) is 92.7 cm³/mol. The first kappa shape index (κ1) is 15.7. The molecule has 6 heteroatoms. The van der Waals surface area contributed by atoms with Crippen molar-refractivity contribution in [3.63, 3.8) is 0 Å². The third-order valence-electron chi connectivity index (χ3n) is 4.07. The van der Waals surface area contributed by atoms with Gasteiger partial charge in [-0.15, -0.1) is 0 Å². The van der Waals surface area contributed by atoms with Gasteiger partial charge in [-0.25, -0.2) is 4.68 Å². The van der Waals surface area contributed by atoms with Crippen LogP contribution in [0.15, 0.2) is 59.7 Å². The first-order chi connectivity index (χ1) is 11.5. The molecule has 0 aliphatic heterocycles. The van der Waals surface area contributed by atoms with Gasteiger partial charge in [0.1, 0.15) is 5.69 Å². The van der Waals surface area contributed by atoms with Gasteiger partial charge in [-0.3, -0.25) is 19.3 Å². The summed E-state index contributed by atoms with van der Waals surface area (Å²) in [6, 6.07) is 12.7. The van der Waals surface area contributed by atoms with E-state index >= 15 is 0 Å². The average Bonchev–Trinajstić information content (AvgIpc) is 2.84. The number of hydrogen-bond donors (Lipinski definition) is 0. The molecule has 24 heavy (non-hydrogen) atoms. The van der Waals surface area contributed by atoms with Crippen LogP contribution in [-0.4, -0.2) is 27.3 Å². The Labute approximate surface area is 139 Å². The van der Waals surface area contributed by atoms with E-state index in [4.69, 9.17) is 0 Å². The predicted octanol–water partition coefficient (Wildman–Crippen LogP) is 2.16. The average molecular weight is 322 g/mol. The van der Waals surface area contributed by atoms with Gasteiger partial charge in [-0.05, 0) is 31.2 Å². The van der Waals surface area contributed by atoms with Crippen LogP contribution >= 0.6 is 0 Å². The number of hydrogen-bond acceptors (Lipinski definition) is 3. The fraction of sp³-hybridized carbons (Fsp3) is 0.167. The van der Waals surface area contributed by atoms with Gasteiger partial charge in [-0.1, -0.05) is 18.2 Å². The molecule has 3 aromatic rings. The lowest BCUT2D eigenvalue weighted by molar-refractivity contribution is 0.0992. The van der Waals surface area contributed by atoms with Crippen LogP contribution in [0.1, 0.15) is 16.1 Å². The topological polar surface area (TPSA) is 60.1 Å². The molecule has 0 spiro atoms. The third kappa shape index (κ3) is 2.52. The highest BCUT2D eigenvalue weighted by molar-refractivity contribution is 6.05. The molecule has 0 aliphatic carbocycles. The molecule has 0 atom stereocenters. The molecular weight excluding hydrogens is 304 g/mol. The number of rotatable bonds is 3. The van der Waals surface area contributed by atoms with E-state index in [2.05, 4.69) is 4.98 Å². The first-order valence-electron chi connectivity index (χ1n) is 7.54. The van der Waals surface area contributed by atoms with Gasteiger partial charge in [0.05, 0.1) is 16.9 Å². The van der Waals surface area contributed by atoms with Gasteiger partial charge in [-0.2, -0.15) is 0 Å². The minimum atomic E-state index is -0.269. The van der Waals surface area contributed by atoms with E-state index < -0.39 is 0 Å². The number of amides is 1. The largest absolute Gasteiger partial charge is 0.305 e. The molecule has 0 unspecified atom stereocenters. The zero-order valence-electron chi connectivity index (χ0n) is 13.8.